The van der Waals surface area contributed by atoms with Gasteiger partial charge < -0.3 is 9.84 Å². The zero-order chi connectivity index (χ0) is 15.4. The van der Waals surface area contributed by atoms with Crippen LogP contribution >= 0.6 is 0 Å². The highest BCUT2D eigenvalue weighted by Crippen LogP contribution is 2.24. The molecule has 21 heavy (non-hydrogen) atoms. The van der Waals surface area contributed by atoms with Crippen molar-refractivity contribution in [1.29, 1.82) is 0 Å². The van der Waals surface area contributed by atoms with E-state index in [2.05, 4.69) is 30.4 Å². The zero-order valence-electron chi connectivity index (χ0n) is 13.1. The molecule has 0 bridgehead atoms. The number of rotatable bonds is 5. The number of carbonyl (C=O) groups is 1. The van der Waals surface area contributed by atoms with Gasteiger partial charge in [-0.25, -0.2) is 0 Å². The van der Waals surface area contributed by atoms with Crippen molar-refractivity contribution in [2.75, 3.05) is 5.32 Å². The Labute approximate surface area is 125 Å². The highest BCUT2D eigenvalue weighted by atomic mass is 16.5. The van der Waals surface area contributed by atoms with E-state index in [9.17, 15) is 4.79 Å². The molecule has 4 nitrogen and oxygen atoms in total. The Morgan fingerprint density at radius 2 is 2.00 bits per heavy atom. The number of para-hydroxylation sites is 1. The van der Waals surface area contributed by atoms with Crippen LogP contribution in [0.2, 0.25) is 0 Å². The number of anilines is 1. The Hall–Kier alpha value is -2.10. The van der Waals surface area contributed by atoms with Crippen LogP contribution in [0, 0.1) is 13.8 Å². The van der Waals surface area contributed by atoms with E-state index in [0.717, 1.165) is 28.3 Å². The van der Waals surface area contributed by atoms with Crippen LogP contribution in [-0.2, 0) is 11.2 Å². The summed E-state index contributed by atoms with van der Waals surface area (Å²) in [6, 6.07) is 7.93. The molecule has 1 aromatic carbocycles. The van der Waals surface area contributed by atoms with E-state index in [-0.39, 0.29) is 5.91 Å². The Balaban J connectivity index is 2.00. The van der Waals surface area contributed by atoms with Crippen molar-refractivity contribution < 1.29 is 9.32 Å². The number of carbonyl (C=O) groups excluding carboxylic acids is 1. The Morgan fingerprint density at radius 3 is 2.62 bits per heavy atom. The van der Waals surface area contributed by atoms with Crippen LogP contribution in [0.3, 0.4) is 0 Å². The van der Waals surface area contributed by atoms with Crippen molar-refractivity contribution in [2.24, 2.45) is 0 Å². The molecule has 0 unspecified atom stereocenters. The number of hydrogen-bond donors (Lipinski definition) is 1. The maximum Gasteiger partial charge on any atom is 0.224 e. The van der Waals surface area contributed by atoms with E-state index >= 15 is 0 Å². The molecule has 0 radical (unpaired) electrons. The number of benzene rings is 1. The molecule has 1 N–H and O–H groups in total. The maximum atomic E-state index is 12.1. The van der Waals surface area contributed by atoms with E-state index in [1.165, 1.54) is 0 Å². The summed E-state index contributed by atoms with van der Waals surface area (Å²) in [4.78, 5) is 12.1. The largest absolute Gasteiger partial charge is 0.361 e. The fourth-order valence-electron chi connectivity index (χ4n) is 2.42. The van der Waals surface area contributed by atoms with Gasteiger partial charge in [-0.15, -0.1) is 0 Å². The zero-order valence-corrected chi connectivity index (χ0v) is 13.1. The number of amides is 1. The van der Waals surface area contributed by atoms with Crippen molar-refractivity contribution in [1.82, 2.24) is 5.16 Å². The highest BCUT2D eigenvalue weighted by Gasteiger charge is 2.13. The minimum absolute atomic E-state index is 0.0168. The second-order valence-corrected chi connectivity index (χ2v) is 5.59. The lowest BCUT2D eigenvalue weighted by Crippen LogP contribution is -2.14. The van der Waals surface area contributed by atoms with Gasteiger partial charge in [0.05, 0.1) is 5.69 Å². The fourth-order valence-corrected chi connectivity index (χ4v) is 2.42. The van der Waals surface area contributed by atoms with E-state index < -0.39 is 0 Å². The van der Waals surface area contributed by atoms with Crippen molar-refractivity contribution in [3.8, 4) is 0 Å². The Morgan fingerprint density at radius 1 is 1.29 bits per heavy atom. The second-order valence-electron chi connectivity index (χ2n) is 5.59. The molecule has 112 valence electrons. The normalized spacial score (nSPS) is 10.9. The predicted octanol–water partition coefficient (Wildman–Crippen LogP) is 3.99. The molecule has 0 saturated heterocycles. The van der Waals surface area contributed by atoms with Crippen LogP contribution < -0.4 is 5.32 Å². The predicted molar refractivity (Wildman–Crippen MR) is 83.5 cm³/mol. The molecule has 0 atom stereocenters. The average Bonchev–Trinajstić information content (AvgIpc) is 2.76. The summed E-state index contributed by atoms with van der Waals surface area (Å²) in [7, 11) is 0. The summed E-state index contributed by atoms with van der Waals surface area (Å²) in [6.07, 6.45) is 1.08. The van der Waals surface area contributed by atoms with E-state index in [4.69, 9.17) is 4.52 Å². The van der Waals surface area contributed by atoms with E-state index in [1.54, 1.807) is 0 Å². The molecule has 0 aliphatic heterocycles. The Kier molecular flexibility index (Phi) is 4.78. The van der Waals surface area contributed by atoms with Crippen molar-refractivity contribution in [3.63, 3.8) is 0 Å². The lowest BCUT2D eigenvalue weighted by molar-refractivity contribution is -0.116. The van der Waals surface area contributed by atoms with Crippen LogP contribution in [0.5, 0.6) is 0 Å². The first-order valence-electron chi connectivity index (χ1n) is 7.29. The average molecular weight is 286 g/mol. The molecule has 2 rings (SSSR count). The van der Waals surface area contributed by atoms with E-state index in [1.807, 2.05) is 32.0 Å². The van der Waals surface area contributed by atoms with Crippen molar-refractivity contribution in [2.45, 2.75) is 46.5 Å². The molecule has 0 spiro atoms. The first-order valence-corrected chi connectivity index (χ1v) is 7.29. The summed E-state index contributed by atoms with van der Waals surface area (Å²) >= 11 is 0. The molecule has 4 heteroatoms. The molecular formula is C17H22N2O2. The number of nitrogens with zero attached hydrogens (tertiary/aromatic N) is 1. The third kappa shape index (κ3) is 3.72. The van der Waals surface area contributed by atoms with Gasteiger partial charge in [0.2, 0.25) is 5.91 Å². The topological polar surface area (TPSA) is 55.1 Å². The smallest absolute Gasteiger partial charge is 0.224 e. The third-order valence-corrected chi connectivity index (χ3v) is 3.64. The van der Waals surface area contributed by atoms with Crippen LogP contribution in [0.25, 0.3) is 0 Å². The number of aryl methyl sites for hydroxylation is 2. The number of hydrogen-bond acceptors (Lipinski definition) is 3. The van der Waals surface area contributed by atoms with Crippen molar-refractivity contribution in [3.05, 3.63) is 46.8 Å². The second kappa shape index (κ2) is 6.57. The minimum Gasteiger partial charge on any atom is -0.361 e. The number of aromatic nitrogens is 1. The standard InChI is InChI=1S/C17H22N2O2/c1-11(2)14-7-5-6-8-16(14)18-17(20)10-9-15-12(3)19-21-13(15)4/h5-8,11H,9-10H2,1-4H3,(H,18,20). The summed E-state index contributed by atoms with van der Waals surface area (Å²) in [5, 5.41) is 6.91. The summed E-state index contributed by atoms with van der Waals surface area (Å²) in [6.45, 7) is 8.02. The SMILES string of the molecule is Cc1noc(C)c1CCC(=O)Nc1ccccc1C(C)C. The van der Waals surface area contributed by atoms with Gasteiger partial charge in [-0.05, 0) is 37.8 Å². The monoisotopic (exact) mass is 286 g/mol. The molecule has 0 saturated carbocycles. The van der Waals surface area contributed by atoms with Gasteiger partial charge in [0.1, 0.15) is 5.76 Å². The van der Waals surface area contributed by atoms with Gasteiger partial charge in [-0.3, -0.25) is 4.79 Å². The lowest BCUT2D eigenvalue weighted by Gasteiger charge is -2.13. The van der Waals surface area contributed by atoms with Crippen molar-refractivity contribution >= 4 is 11.6 Å². The quantitative estimate of drug-likeness (QED) is 0.904. The van der Waals surface area contributed by atoms with Crippen LogP contribution in [0.4, 0.5) is 5.69 Å². The van der Waals surface area contributed by atoms with Gasteiger partial charge >= 0.3 is 0 Å². The van der Waals surface area contributed by atoms with Gasteiger partial charge in [-0.2, -0.15) is 0 Å². The molecule has 0 fully saturated rings. The van der Waals surface area contributed by atoms with Gasteiger partial charge in [0, 0.05) is 17.7 Å². The third-order valence-electron chi connectivity index (χ3n) is 3.64. The molecule has 0 aliphatic carbocycles. The first-order chi connectivity index (χ1) is 9.99. The molecule has 1 aromatic heterocycles. The molecule has 2 aromatic rings. The lowest BCUT2D eigenvalue weighted by atomic mass is 10.0. The number of nitrogens with one attached hydrogen (secondary N) is 1. The molecule has 1 heterocycles. The van der Waals surface area contributed by atoms with Gasteiger partial charge in [-0.1, -0.05) is 37.2 Å². The minimum atomic E-state index is 0.0168. The maximum absolute atomic E-state index is 12.1. The summed E-state index contributed by atoms with van der Waals surface area (Å²) < 4.78 is 5.11. The summed E-state index contributed by atoms with van der Waals surface area (Å²) in [5.74, 6) is 1.19. The van der Waals surface area contributed by atoms with Gasteiger partial charge in [0.25, 0.3) is 0 Å². The van der Waals surface area contributed by atoms with E-state index in [0.29, 0.717) is 18.8 Å². The van der Waals surface area contributed by atoms with Crippen LogP contribution in [-0.4, -0.2) is 11.1 Å². The summed E-state index contributed by atoms with van der Waals surface area (Å²) in [5.41, 5.74) is 3.95. The highest BCUT2D eigenvalue weighted by molar-refractivity contribution is 5.91. The van der Waals surface area contributed by atoms with Gasteiger partial charge in [0.15, 0.2) is 0 Å². The van der Waals surface area contributed by atoms with Crippen LogP contribution in [0.1, 0.15) is 48.8 Å². The Bertz CT molecular complexity index is 610. The molecule has 0 aliphatic rings. The first kappa shape index (κ1) is 15.3. The molecule has 1 amide bonds. The van der Waals surface area contributed by atoms with Crippen LogP contribution in [0.15, 0.2) is 28.8 Å². The fraction of sp³-hybridized carbons (Fsp3) is 0.412. The molecular weight excluding hydrogens is 264 g/mol.